The molecule has 3 aromatic rings. The maximum Gasteiger partial charge on any atom is 0.110 e. The smallest absolute Gasteiger partial charge is 0.110 e. The van der Waals surface area contributed by atoms with Gasteiger partial charge in [0.15, 0.2) is 0 Å². The minimum Gasteiger partial charge on any atom is -0.344 e. The van der Waals surface area contributed by atoms with Crippen LogP contribution in [0, 0.1) is 11.8 Å². The number of hydrogen-bond acceptors (Lipinski definition) is 2. The number of benzene rings is 1. The zero-order valence-electron chi connectivity index (χ0n) is 14.2. The molecule has 2 heterocycles. The summed E-state index contributed by atoms with van der Waals surface area (Å²) in [5.41, 5.74) is 4.33. The van der Waals surface area contributed by atoms with Gasteiger partial charge in [0, 0.05) is 16.2 Å². The Morgan fingerprint density at radius 2 is 2.04 bits per heavy atom. The van der Waals surface area contributed by atoms with Crippen LogP contribution in [0.2, 0.25) is 10.0 Å². The Balaban J connectivity index is 1.69. The highest BCUT2D eigenvalue weighted by atomic mass is 35.5. The average Bonchev–Trinajstić information content (AvgIpc) is 3.31. The number of H-pyrrole nitrogens is 1. The minimum atomic E-state index is 0.450. The number of rotatable bonds is 6. The largest absolute Gasteiger partial charge is 0.344 e. The molecule has 5 heteroatoms. The first-order chi connectivity index (χ1) is 12.2. The van der Waals surface area contributed by atoms with Gasteiger partial charge in [-0.3, -0.25) is 4.98 Å². The van der Waals surface area contributed by atoms with E-state index in [0.717, 1.165) is 34.6 Å². The molecule has 0 aliphatic heterocycles. The van der Waals surface area contributed by atoms with Gasteiger partial charge in [-0.05, 0) is 60.8 Å². The normalized spacial score (nSPS) is 16.9. The number of fused-ring (bicyclic) bond motifs is 1. The fourth-order valence-electron chi connectivity index (χ4n) is 3.97. The number of hydrogen-bond donors (Lipinski definition) is 1. The Morgan fingerprint density at radius 1 is 1.20 bits per heavy atom. The predicted octanol–water partition coefficient (Wildman–Crippen LogP) is 6.03. The predicted molar refractivity (Wildman–Crippen MR) is 103 cm³/mol. The van der Waals surface area contributed by atoms with E-state index in [2.05, 4.69) is 27.9 Å². The molecule has 2 unspecified atom stereocenters. The van der Waals surface area contributed by atoms with Crippen molar-refractivity contribution in [2.45, 2.75) is 38.5 Å². The molecular formula is C20H21Cl2N3. The highest BCUT2D eigenvalue weighted by Gasteiger charge is 2.38. The van der Waals surface area contributed by atoms with Crippen LogP contribution in [0.5, 0.6) is 0 Å². The lowest BCUT2D eigenvalue weighted by Crippen LogP contribution is -2.18. The molecule has 1 fully saturated rings. The van der Waals surface area contributed by atoms with Gasteiger partial charge in [-0.2, -0.15) is 0 Å². The van der Waals surface area contributed by atoms with Gasteiger partial charge in [-0.25, -0.2) is 4.98 Å². The number of imidazole rings is 1. The Morgan fingerprint density at radius 3 is 2.76 bits per heavy atom. The van der Waals surface area contributed by atoms with E-state index in [-0.39, 0.29) is 0 Å². The van der Waals surface area contributed by atoms with Crippen molar-refractivity contribution in [3.8, 4) is 0 Å². The maximum absolute atomic E-state index is 6.56. The number of halogens is 2. The van der Waals surface area contributed by atoms with Crippen molar-refractivity contribution >= 4 is 34.2 Å². The Bertz CT molecular complexity index is 886. The van der Waals surface area contributed by atoms with Crippen molar-refractivity contribution in [1.29, 1.82) is 0 Å². The second-order valence-corrected chi connectivity index (χ2v) is 7.80. The minimum absolute atomic E-state index is 0.450. The van der Waals surface area contributed by atoms with Gasteiger partial charge in [0.1, 0.15) is 5.52 Å². The Kier molecular flexibility index (Phi) is 4.70. The van der Waals surface area contributed by atoms with E-state index in [0.29, 0.717) is 22.8 Å². The summed E-state index contributed by atoms with van der Waals surface area (Å²) < 4.78 is 0. The summed E-state index contributed by atoms with van der Waals surface area (Å²) in [5, 5.41) is 1.48. The Labute approximate surface area is 157 Å². The molecule has 0 amide bonds. The van der Waals surface area contributed by atoms with Gasteiger partial charge in [-0.15, -0.1) is 0 Å². The fourth-order valence-corrected chi connectivity index (χ4v) is 4.50. The second-order valence-electron chi connectivity index (χ2n) is 6.96. The molecule has 1 aliphatic carbocycles. The van der Waals surface area contributed by atoms with Crippen LogP contribution < -0.4 is 0 Å². The van der Waals surface area contributed by atoms with E-state index in [9.17, 15) is 0 Å². The molecule has 1 aromatic carbocycles. The summed E-state index contributed by atoms with van der Waals surface area (Å²) >= 11 is 12.7. The van der Waals surface area contributed by atoms with Crippen molar-refractivity contribution in [3.63, 3.8) is 0 Å². The average molecular weight is 374 g/mol. The number of nitrogens with zero attached hydrogens (tertiary/aromatic N) is 2. The van der Waals surface area contributed by atoms with E-state index < -0.39 is 0 Å². The van der Waals surface area contributed by atoms with E-state index in [4.69, 9.17) is 23.2 Å². The quantitative estimate of drug-likeness (QED) is 0.573. The molecule has 0 saturated heterocycles. The molecule has 2 aromatic heterocycles. The highest BCUT2D eigenvalue weighted by molar-refractivity contribution is 6.35. The molecule has 25 heavy (non-hydrogen) atoms. The van der Waals surface area contributed by atoms with Crippen molar-refractivity contribution < 1.29 is 0 Å². The van der Waals surface area contributed by atoms with Crippen LogP contribution in [0.1, 0.15) is 43.4 Å². The van der Waals surface area contributed by atoms with Crippen LogP contribution in [0.3, 0.4) is 0 Å². The van der Waals surface area contributed by atoms with Gasteiger partial charge < -0.3 is 4.98 Å². The summed E-state index contributed by atoms with van der Waals surface area (Å²) in [6.07, 6.45) is 8.16. The molecule has 1 N–H and O–H groups in total. The molecule has 2 atom stereocenters. The SMILES string of the molecule is CCC(Cc1nccc2[nH]cnc12)C(c1ccc(Cl)cc1Cl)C1CC1. The molecule has 4 rings (SSSR count). The number of pyridine rings is 1. The van der Waals surface area contributed by atoms with Gasteiger partial charge in [0.05, 0.1) is 17.5 Å². The van der Waals surface area contributed by atoms with Crippen LogP contribution in [-0.2, 0) is 6.42 Å². The molecule has 3 nitrogen and oxygen atoms in total. The topological polar surface area (TPSA) is 41.6 Å². The van der Waals surface area contributed by atoms with Crippen molar-refractivity contribution in [1.82, 2.24) is 15.0 Å². The fraction of sp³-hybridized carbons (Fsp3) is 0.400. The molecule has 1 aliphatic rings. The first kappa shape index (κ1) is 16.9. The summed E-state index contributed by atoms with van der Waals surface area (Å²) in [4.78, 5) is 12.3. The highest BCUT2D eigenvalue weighted by Crippen LogP contribution is 2.50. The summed E-state index contributed by atoms with van der Waals surface area (Å²) in [6.45, 7) is 2.26. The number of nitrogens with one attached hydrogen (secondary N) is 1. The van der Waals surface area contributed by atoms with Crippen molar-refractivity contribution in [2.75, 3.05) is 0 Å². The van der Waals surface area contributed by atoms with Crippen LogP contribution in [0.4, 0.5) is 0 Å². The zero-order chi connectivity index (χ0) is 17.4. The van der Waals surface area contributed by atoms with Crippen LogP contribution >= 0.6 is 23.2 Å². The lowest BCUT2D eigenvalue weighted by atomic mass is 9.78. The van der Waals surface area contributed by atoms with E-state index >= 15 is 0 Å². The molecule has 130 valence electrons. The van der Waals surface area contributed by atoms with E-state index in [1.165, 1.54) is 18.4 Å². The van der Waals surface area contributed by atoms with Crippen LogP contribution in [-0.4, -0.2) is 15.0 Å². The van der Waals surface area contributed by atoms with Gasteiger partial charge in [0.2, 0.25) is 0 Å². The maximum atomic E-state index is 6.56. The summed E-state index contributed by atoms with van der Waals surface area (Å²) in [5.74, 6) is 1.65. The van der Waals surface area contributed by atoms with Crippen molar-refractivity contribution in [2.24, 2.45) is 11.8 Å². The summed E-state index contributed by atoms with van der Waals surface area (Å²) in [7, 11) is 0. The third-order valence-electron chi connectivity index (χ3n) is 5.35. The van der Waals surface area contributed by atoms with Crippen LogP contribution in [0.25, 0.3) is 11.0 Å². The van der Waals surface area contributed by atoms with Crippen LogP contribution in [0.15, 0.2) is 36.8 Å². The first-order valence-electron chi connectivity index (χ1n) is 8.89. The molecule has 0 spiro atoms. The van der Waals surface area contributed by atoms with Gasteiger partial charge in [-0.1, -0.05) is 42.6 Å². The molecule has 1 saturated carbocycles. The molecule has 0 bridgehead atoms. The molecule has 0 radical (unpaired) electrons. The number of aromatic nitrogens is 3. The Hall–Kier alpha value is -1.58. The third-order valence-corrected chi connectivity index (χ3v) is 5.92. The monoisotopic (exact) mass is 373 g/mol. The van der Waals surface area contributed by atoms with E-state index in [1.54, 1.807) is 6.33 Å². The van der Waals surface area contributed by atoms with Gasteiger partial charge >= 0.3 is 0 Å². The lowest BCUT2D eigenvalue weighted by molar-refractivity contribution is 0.371. The molecular weight excluding hydrogens is 353 g/mol. The standard InChI is InChI=1S/C20H21Cl2N3/c1-2-12(9-18-20-17(7-8-23-18)24-11-25-20)19(13-3-4-13)15-6-5-14(21)10-16(15)22/h5-8,10-13,19H,2-4,9H2,1H3,(H,24,25). The number of aromatic amines is 1. The van der Waals surface area contributed by atoms with Gasteiger partial charge in [0.25, 0.3) is 0 Å². The van der Waals surface area contributed by atoms with E-state index in [1.807, 2.05) is 24.4 Å². The lowest BCUT2D eigenvalue weighted by Gasteiger charge is -2.27. The van der Waals surface area contributed by atoms with Crippen molar-refractivity contribution in [3.05, 3.63) is 58.1 Å². The third kappa shape index (κ3) is 3.40. The first-order valence-corrected chi connectivity index (χ1v) is 9.65. The second kappa shape index (κ2) is 6.97. The summed E-state index contributed by atoms with van der Waals surface area (Å²) in [6, 6.07) is 7.91. The zero-order valence-corrected chi connectivity index (χ0v) is 15.7.